The van der Waals surface area contributed by atoms with Gasteiger partial charge in [-0.25, -0.2) is 8.42 Å². The lowest BCUT2D eigenvalue weighted by Crippen LogP contribution is -2.32. The molecule has 3 rings (SSSR count). The van der Waals surface area contributed by atoms with Crippen molar-refractivity contribution in [2.24, 2.45) is 5.73 Å². The SMILES string of the molecule is CN1Cc2c(Cl)cc(Cl)cc2C(c2cccc(S(=O)(=O)N(C)CCOCCOCCN)c2)C1. The number of ether oxygens (including phenoxy) is 2. The number of hydrogen-bond donors (Lipinski definition) is 1. The maximum absolute atomic E-state index is 13.2. The van der Waals surface area contributed by atoms with Crippen molar-refractivity contribution in [2.75, 3.05) is 60.2 Å². The predicted octanol–water partition coefficient (Wildman–Crippen LogP) is 3.18. The Morgan fingerprint density at radius 2 is 1.85 bits per heavy atom. The van der Waals surface area contributed by atoms with Crippen LogP contribution in [0.4, 0.5) is 0 Å². The highest BCUT2D eigenvalue weighted by atomic mass is 35.5. The van der Waals surface area contributed by atoms with Gasteiger partial charge in [-0.1, -0.05) is 35.3 Å². The lowest BCUT2D eigenvalue weighted by molar-refractivity contribution is 0.0484. The Morgan fingerprint density at radius 3 is 2.58 bits per heavy atom. The zero-order chi connectivity index (χ0) is 24.0. The number of fused-ring (bicyclic) bond motifs is 1. The first-order valence-corrected chi connectivity index (χ1v) is 13.0. The molecule has 0 aromatic heterocycles. The fourth-order valence-corrected chi connectivity index (χ4v) is 5.70. The van der Waals surface area contributed by atoms with E-state index in [1.54, 1.807) is 31.3 Å². The van der Waals surface area contributed by atoms with Crippen LogP contribution in [-0.4, -0.2) is 77.8 Å². The van der Waals surface area contributed by atoms with E-state index in [1.165, 1.54) is 4.31 Å². The van der Waals surface area contributed by atoms with Gasteiger partial charge in [-0.3, -0.25) is 0 Å². The average molecular weight is 516 g/mol. The number of likely N-dealkylation sites (N-methyl/N-ethyl adjacent to an activating group) is 2. The zero-order valence-electron chi connectivity index (χ0n) is 19.0. The van der Waals surface area contributed by atoms with Gasteiger partial charge in [-0.05, 0) is 48.0 Å². The minimum Gasteiger partial charge on any atom is -0.378 e. The van der Waals surface area contributed by atoms with Gasteiger partial charge in [0.25, 0.3) is 0 Å². The van der Waals surface area contributed by atoms with Crippen molar-refractivity contribution in [1.29, 1.82) is 0 Å². The second-order valence-corrected chi connectivity index (χ2v) is 11.0. The molecule has 1 aliphatic rings. The molecule has 0 bridgehead atoms. The van der Waals surface area contributed by atoms with E-state index >= 15 is 0 Å². The number of nitrogens with two attached hydrogens (primary N) is 1. The molecule has 0 spiro atoms. The minimum absolute atomic E-state index is 0.0349. The molecule has 1 unspecified atom stereocenters. The normalized spacial score (nSPS) is 16.8. The second-order valence-electron chi connectivity index (χ2n) is 8.12. The van der Waals surface area contributed by atoms with Crippen LogP contribution >= 0.6 is 23.2 Å². The molecule has 0 saturated heterocycles. The summed E-state index contributed by atoms with van der Waals surface area (Å²) in [5, 5.41) is 1.20. The number of rotatable bonds is 11. The highest BCUT2D eigenvalue weighted by Gasteiger charge is 2.28. The molecule has 10 heteroatoms. The van der Waals surface area contributed by atoms with Gasteiger partial charge in [0.1, 0.15) is 0 Å². The number of sulfonamides is 1. The molecule has 0 amide bonds. The molecule has 7 nitrogen and oxygen atoms in total. The number of benzene rings is 2. The Bertz CT molecular complexity index is 1050. The molecule has 182 valence electrons. The molecule has 1 atom stereocenters. The molecule has 2 aromatic carbocycles. The fraction of sp³-hybridized carbons (Fsp3) is 0.478. The third kappa shape index (κ3) is 6.68. The van der Waals surface area contributed by atoms with E-state index in [0.29, 0.717) is 36.4 Å². The van der Waals surface area contributed by atoms with Crippen LogP contribution in [0.1, 0.15) is 22.6 Å². The number of halogens is 2. The van der Waals surface area contributed by atoms with E-state index < -0.39 is 10.0 Å². The van der Waals surface area contributed by atoms with Crippen LogP contribution in [-0.2, 0) is 26.0 Å². The maximum atomic E-state index is 13.2. The van der Waals surface area contributed by atoms with Crippen molar-refractivity contribution in [3.8, 4) is 0 Å². The fourth-order valence-electron chi connectivity index (χ4n) is 3.92. The van der Waals surface area contributed by atoms with E-state index in [2.05, 4.69) is 4.90 Å². The summed E-state index contributed by atoms with van der Waals surface area (Å²) in [4.78, 5) is 2.42. The van der Waals surface area contributed by atoms with E-state index in [0.717, 1.165) is 29.8 Å². The molecule has 0 saturated carbocycles. The smallest absolute Gasteiger partial charge is 0.242 e. The van der Waals surface area contributed by atoms with E-state index in [-0.39, 0.29) is 24.0 Å². The molecule has 2 N–H and O–H groups in total. The minimum atomic E-state index is -3.67. The van der Waals surface area contributed by atoms with Gasteiger partial charge in [0.2, 0.25) is 10.0 Å². The predicted molar refractivity (Wildman–Crippen MR) is 132 cm³/mol. The number of hydrogen-bond acceptors (Lipinski definition) is 6. The summed E-state index contributed by atoms with van der Waals surface area (Å²) in [6, 6.07) is 10.8. The summed E-state index contributed by atoms with van der Waals surface area (Å²) >= 11 is 12.8. The largest absolute Gasteiger partial charge is 0.378 e. The molecular weight excluding hydrogens is 485 g/mol. The van der Waals surface area contributed by atoms with Crippen LogP contribution in [0.15, 0.2) is 41.3 Å². The number of nitrogens with zero attached hydrogens (tertiary/aromatic N) is 2. The molecule has 1 heterocycles. The standard InChI is InChI=1S/C23H31Cl2N3O4S/c1-27-15-21(20-13-18(24)14-23(25)22(20)16-27)17-4-3-5-19(12-17)33(29,30)28(2)7-9-32-11-10-31-8-6-26/h3-5,12-14,21H,6-11,15-16,26H2,1-2H3. The quantitative estimate of drug-likeness (QED) is 0.462. The van der Waals surface area contributed by atoms with E-state index in [4.69, 9.17) is 38.4 Å². The van der Waals surface area contributed by atoms with Crippen LogP contribution in [0.2, 0.25) is 10.0 Å². The molecule has 2 aromatic rings. The highest BCUT2D eigenvalue weighted by Crippen LogP contribution is 2.38. The van der Waals surface area contributed by atoms with Crippen molar-refractivity contribution in [1.82, 2.24) is 9.21 Å². The third-order valence-corrected chi connectivity index (χ3v) is 8.05. The van der Waals surface area contributed by atoms with Gasteiger partial charge < -0.3 is 20.1 Å². The molecule has 0 fully saturated rings. The maximum Gasteiger partial charge on any atom is 0.242 e. The Kier molecular flexibility index (Phi) is 9.55. The van der Waals surface area contributed by atoms with Crippen LogP contribution in [0.3, 0.4) is 0 Å². The van der Waals surface area contributed by atoms with Crippen LogP contribution < -0.4 is 5.73 Å². The van der Waals surface area contributed by atoms with Crippen molar-refractivity contribution >= 4 is 33.2 Å². The summed E-state index contributed by atoms with van der Waals surface area (Å²) in [5.41, 5.74) is 8.33. The van der Waals surface area contributed by atoms with E-state index in [1.807, 2.05) is 19.2 Å². The van der Waals surface area contributed by atoms with Crippen molar-refractivity contribution in [2.45, 2.75) is 17.4 Å². The lowest BCUT2D eigenvalue weighted by atomic mass is 9.85. The molecule has 0 aliphatic carbocycles. The molecule has 33 heavy (non-hydrogen) atoms. The van der Waals surface area contributed by atoms with Gasteiger partial charge in [-0.2, -0.15) is 4.31 Å². The average Bonchev–Trinajstić information content (AvgIpc) is 2.78. The van der Waals surface area contributed by atoms with Crippen molar-refractivity contribution < 1.29 is 17.9 Å². The summed E-state index contributed by atoms with van der Waals surface area (Å²) in [6.45, 7) is 3.74. The van der Waals surface area contributed by atoms with Gasteiger partial charge in [0, 0.05) is 49.2 Å². The summed E-state index contributed by atoms with van der Waals surface area (Å²) in [5.74, 6) is -0.0349. The molecule has 0 radical (unpaired) electrons. The highest BCUT2D eigenvalue weighted by molar-refractivity contribution is 7.89. The summed E-state index contributed by atoms with van der Waals surface area (Å²) < 4.78 is 38.4. The van der Waals surface area contributed by atoms with Crippen LogP contribution in [0.25, 0.3) is 0 Å². The topological polar surface area (TPSA) is 85.1 Å². The Labute approximate surface area is 206 Å². The summed E-state index contributed by atoms with van der Waals surface area (Å²) in [6.07, 6.45) is 0. The van der Waals surface area contributed by atoms with E-state index in [9.17, 15) is 8.42 Å². The molecular formula is C23H31Cl2N3O4S. The first-order valence-electron chi connectivity index (χ1n) is 10.8. The van der Waals surface area contributed by atoms with Crippen molar-refractivity contribution in [3.63, 3.8) is 0 Å². The molecule has 1 aliphatic heterocycles. The monoisotopic (exact) mass is 515 g/mol. The first kappa shape index (κ1) is 26.4. The van der Waals surface area contributed by atoms with Gasteiger partial charge >= 0.3 is 0 Å². The summed E-state index contributed by atoms with van der Waals surface area (Å²) in [7, 11) is -0.0897. The Balaban J connectivity index is 1.74. The Hall–Kier alpha value is -1.23. The third-order valence-electron chi connectivity index (χ3n) is 5.65. The van der Waals surface area contributed by atoms with Gasteiger partial charge in [0.05, 0.1) is 31.3 Å². The second kappa shape index (κ2) is 12.0. The van der Waals surface area contributed by atoms with Crippen molar-refractivity contribution in [3.05, 3.63) is 63.1 Å². The van der Waals surface area contributed by atoms with Gasteiger partial charge in [-0.15, -0.1) is 0 Å². The van der Waals surface area contributed by atoms with Crippen LogP contribution in [0, 0.1) is 0 Å². The van der Waals surface area contributed by atoms with Crippen LogP contribution in [0.5, 0.6) is 0 Å². The Morgan fingerprint density at radius 1 is 1.12 bits per heavy atom. The lowest BCUT2D eigenvalue weighted by Gasteiger charge is -2.33. The first-order chi connectivity index (χ1) is 15.7. The van der Waals surface area contributed by atoms with Gasteiger partial charge in [0.15, 0.2) is 0 Å². The zero-order valence-corrected chi connectivity index (χ0v) is 21.3.